The smallest absolute Gasteiger partial charge is 0.0661 e. The van der Waals surface area contributed by atoms with E-state index in [0.29, 0.717) is 11.5 Å². The molecule has 0 aliphatic heterocycles. The highest BCUT2D eigenvalue weighted by molar-refractivity contribution is 5.12. The van der Waals surface area contributed by atoms with Crippen LogP contribution < -0.4 is 5.32 Å². The molecule has 4 unspecified atom stereocenters. The van der Waals surface area contributed by atoms with Crippen LogP contribution in [0.3, 0.4) is 0 Å². The van der Waals surface area contributed by atoms with Crippen LogP contribution in [0.4, 0.5) is 0 Å². The Bertz CT molecular complexity index is 302. The lowest BCUT2D eigenvalue weighted by Gasteiger charge is -2.62. The van der Waals surface area contributed by atoms with Crippen molar-refractivity contribution in [3.05, 3.63) is 0 Å². The van der Waals surface area contributed by atoms with Gasteiger partial charge < -0.3 is 10.1 Å². The fourth-order valence-corrected chi connectivity index (χ4v) is 5.04. The van der Waals surface area contributed by atoms with Crippen LogP contribution in [-0.4, -0.2) is 24.8 Å². The van der Waals surface area contributed by atoms with Gasteiger partial charge in [-0.2, -0.15) is 0 Å². The van der Waals surface area contributed by atoms with Crippen LogP contribution in [0.15, 0.2) is 0 Å². The molecular formula is C17H31NO. The van der Waals surface area contributed by atoms with Crippen molar-refractivity contribution in [1.82, 2.24) is 5.32 Å². The molecule has 4 atom stereocenters. The van der Waals surface area contributed by atoms with E-state index in [-0.39, 0.29) is 0 Å². The summed E-state index contributed by atoms with van der Waals surface area (Å²) in [6.07, 6.45) is 10.2. The van der Waals surface area contributed by atoms with Gasteiger partial charge in [0.2, 0.25) is 0 Å². The first-order chi connectivity index (χ1) is 9.14. The molecule has 0 aromatic rings. The SMILES string of the molecule is CCOC1CC(NC2CC(C)CC(C)C2)C12CCC2. The van der Waals surface area contributed by atoms with E-state index in [1.807, 2.05) is 0 Å². The lowest BCUT2D eigenvalue weighted by Crippen LogP contribution is -2.68. The Morgan fingerprint density at radius 3 is 2.26 bits per heavy atom. The molecule has 3 fully saturated rings. The Hall–Kier alpha value is -0.0800. The molecule has 0 radical (unpaired) electrons. The third-order valence-corrected chi connectivity index (χ3v) is 6.05. The van der Waals surface area contributed by atoms with Crippen molar-refractivity contribution in [3.63, 3.8) is 0 Å². The third-order valence-electron chi connectivity index (χ3n) is 6.05. The minimum atomic E-state index is 0.528. The average Bonchev–Trinajstić information content (AvgIpc) is 2.23. The van der Waals surface area contributed by atoms with Gasteiger partial charge in [0.15, 0.2) is 0 Å². The number of nitrogens with one attached hydrogen (secondary N) is 1. The molecule has 2 heteroatoms. The maximum Gasteiger partial charge on any atom is 0.0661 e. The van der Waals surface area contributed by atoms with E-state index in [4.69, 9.17) is 4.74 Å². The largest absolute Gasteiger partial charge is 0.378 e. The molecular weight excluding hydrogens is 234 g/mol. The summed E-state index contributed by atoms with van der Waals surface area (Å²) in [6, 6.07) is 1.52. The Morgan fingerprint density at radius 2 is 1.74 bits per heavy atom. The summed E-state index contributed by atoms with van der Waals surface area (Å²) in [5.74, 6) is 1.81. The molecule has 0 heterocycles. The molecule has 3 saturated carbocycles. The van der Waals surface area contributed by atoms with Gasteiger partial charge in [-0.3, -0.25) is 0 Å². The molecule has 3 rings (SSSR count). The number of hydrogen-bond acceptors (Lipinski definition) is 2. The summed E-state index contributed by atoms with van der Waals surface area (Å²) >= 11 is 0. The molecule has 0 amide bonds. The molecule has 3 aliphatic rings. The van der Waals surface area contributed by atoms with Crippen LogP contribution >= 0.6 is 0 Å². The van der Waals surface area contributed by atoms with Crippen molar-refractivity contribution in [2.24, 2.45) is 17.3 Å². The van der Waals surface area contributed by atoms with Crippen LogP contribution in [0.1, 0.15) is 65.7 Å². The van der Waals surface area contributed by atoms with E-state index in [1.54, 1.807) is 0 Å². The third kappa shape index (κ3) is 2.47. The van der Waals surface area contributed by atoms with Gasteiger partial charge in [-0.05, 0) is 57.3 Å². The van der Waals surface area contributed by atoms with Gasteiger partial charge in [0.25, 0.3) is 0 Å². The standard InChI is InChI=1S/C17H31NO/c1-4-19-16-11-15(17(16)6-5-7-17)18-14-9-12(2)8-13(3)10-14/h12-16,18H,4-11H2,1-3H3. The summed E-state index contributed by atoms with van der Waals surface area (Å²) in [5.41, 5.74) is 0.528. The Morgan fingerprint density at radius 1 is 1.05 bits per heavy atom. The predicted octanol–water partition coefficient (Wildman–Crippen LogP) is 3.75. The van der Waals surface area contributed by atoms with Crippen LogP contribution in [0.2, 0.25) is 0 Å². The minimum Gasteiger partial charge on any atom is -0.378 e. The zero-order chi connectivity index (χ0) is 13.5. The average molecular weight is 265 g/mol. The fraction of sp³-hybridized carbons (Fsp3) is 1.00. The molecule has 0 aromatic carbocycles. The van der Waals surface area contributed by atoms with Crippen molar-refractivity contribution in [3.8, 4) is 0 Å². The van der Waals surface area contributed by atoms with Crippen LogP contribution in [0, 0.1) is 17.3 Å². The van der Waals surface area contributed by atoms with E-state index in [0.717, 1.165) is 30.5 Å². The molecule has 110 valence electrons. The summed E-state index contributed by atoms with van der Waals surface area (Å²) in [4.78, 5) is 0. The molecule has 0 aromatic heterocycles. The predicted molar refractivity (Wildman–Crippen MR) is 79.2 cm³/mol. The molecule has 1 spiro atoms. The second-order valence-electron chi connectivity index (χ2n) is 7.60. The van der Waals surface area contributed by atoms with Crippen molar-refractivity contribution < 1.29 is 4.74 Å². The molecule has 2 nitrogen and oxygen atoms in total. The zero-order valence-corrected chi connectivity index (χ0v) is 13.0. The second-order valence-corrected chi connectivity index (χ2v) is 7.60. The topological polar surface area (TPSA) is 21.3 Å². The van der Waals surface area contributed by atoms with Gasteiger partial charge in [-0.1, -0.05) is 20.3 Å². The molecule has 3 aliphatic carbocycles. The van der Waals surface area contributed by atoms with E-state index in [9.17, 15) is 0 Å². The highest BCUT2D eigenvalue weighted by Crippen LogP contribution is 2.57. The first-order valence-electron chi connectivity index (χ1n) is 8.51. The van der Waals surface area contributed by atoms with E-state index < -0.39 is 0 Å². The van der Waals surface area contributed by atoms with Gasteiger partial charge in [-0.15, -0.1) is 0 Å². The van der Waals surface area contributed by atoms with Crippen LogP contribution in [0.5, 0.6) is 0 Å². The Labute approximate surface area is 118 Å². The normalized spacial score (nSPS) is 44.7. The second kappa shape index (κ2) is 5.37. The number of hydrogen-bond donors (Lipinski definition) is 1. The first kappa shape index (κ1) is 13.9. The van der Waals surface area contributed by atoms with Gasteiger partial charge in [0, 0.05) is 24.1 Å². The molecule has 19 heavy (non-hydrogen) atoms. The summed E-state index contributed by atoms with van der Waals surface area (Å²) < 4.78 is 5.96. The maximum atomic E-state index is 5.96. The van der Waals surface area contributed by atoms with Gasteiger partial charge in [0.1, 0.15) is 0 Å². The Balaban J connectivity index is 1.56. The Kier molecular flexibility index (Phi) is 3.92. The number of ether oxygens (including phenoxy) is 1. The van der Waals surface area contributed by atoms with Gasteiger partial charge in [0.05, 0.1) is 6.10 Å². The van der Waals surface area contributed by atoms with E-state index in [1.165, 1.54) is 44.9 Å². The number of rotatable bonds is 4. The van der Waals surface area contributed by atoms with Crippen LogP contribution in [-0.2, 0) is 4.74 Å². The summed E-state index contributed by atoms with van der Waals surface area (Å²) in [6.45, 7) is 7.87. The van der Waals surface area contributed by atoms with Gasteiger partial charge in [-0.25, -0.2) is 0 Å². The van der Waals surface area contributed by atoms with Crippen molar-refractivity contribution in [2.75, 3.05) is 6.61 Å². The van der Waals surface area contributed by atoms with Gasteiger partial charge >= 0.3 is 0 Å². The lowest BCUT2D eigenvalue weighted by atomic mass is 9.50. The van der Waals surface area contributed by atoms with E-state index >= 15 is 0 Å². The van der Waals surface area contributed by atoms with Crippen LogP contribution in [0.25, 0.3) is 0 Å². The summed E-state index contributed by atoms with van der Waals surface area (Å²) in [7, 11) is 0. The molecule has 0 saturated heterocycles. The zero-order valence-electron chi connectivity index (χ0n) is 13.0. The highest BCUT2D eigenvalue weighted by atomic mass is 16.5. The molecule has 0 bridgehead atoms. The highest BCUT2D eigenvalue weighted by Gasteiger charge is 2.59. The molecule has 1 N–H and O–H groups in total. The monoisotopic (exact) mass is 265 g/mol. The minimum absolute atomic E-state index is 0.528. The van der Waals surface area contributed by atoms with E-state index in [2.05, 4.69) is 26.1 Å². The van der Waals surface area contributed by atoms with Crippen molar-refractivity contribution >= 4 is 0 Å². The van der Waals surface area contributed by atoms with Crippen molar-refractivity contribution in [2.45, 2.75) is 83.9 Å². The first-order valence-corrected chi connectivity index (χ1v) is 8.51. The quantitative estimate of drug-likeness (QED) is 0.836. The lowest BCUT2D eigenvalue weighted by molar-refractivity contribution is -0.175. The van der Waals surface area contributed by atoms with Crippen molar-refractivity contribution in [1.29, 1.82) is 0 Å². The summed E-state index contributed by atoms with van der Waals surface area (Å²) in [5, 5.41) is 4.02. The maximum absolute atomic E-state index is 5.96. The fourth-order valence-electron chi connectivity index (χ4n) is 5.04.